The third kappa shape index (κ3) is 4.04. The Morgan fingerprint density at radius 2 is 1.87 bits per heavy atom. The van der Waals surface area contributed by atoms with Gasteiger partial charge in [0.2, 0.25) is 11.9 Å². The first kappa shape index (κ1) is 20.0. The second kappa shape index (κ2) is 9.04. The maximum absolute atomic E-state index is 13.2. The van der Waals surface area contributed by atoms with E-state index < -0.39 is 0 Å². The highest BCUT2D eigenvalue weighted by Crippen LogP contribution is 2.23. The second-order valence-corrected chi connectivity index (χ2v) is 7.61. The molecule has 0 saturated carbocycles. The van der Waals surface area contributed by atoms with Crippen LogP contribution in [0.15, 0.2) is 35.1 Å². The van der Waals surface area contributed by atoms with Crippen molar-refractivity contribution in [2.24, 2.45) is 7.05 Å². The number of aromatic nitrogens is 4. The molecule has 3 heterocycles. The summed E-state index contributed by atoms with van der Waals surface area (Å²) >= 11 is 0. The Kier molecular flexibility index (Phi) is 6.03. The van der Waals surface area contributed by atoms with E-state index in [1.807, 2.05) is 29.7 Å². The zero-order valence-corrected chi connectivity index (χ0v) is 17.7. The summed E-state index contributed by atoms with van der Waals surface area (Å²) in [4.78, 5) is 24.9. The van der Waals surface area contributed by atoms with Gasteiger partial charge in [-0.25, -0.2) is 0 Å². The number of fused-ring (bicyclic) bond motifs is 1. The lowest BCUT2D eigenvalue weighted by Gasteiger charge is -2.27. The molecule has 156 valence electrons. The van der Waals surface area contributed by atoms with E-state index in [9.17, 15) is 4.79 Å². The van der Waals surface area contributed by atoms with Crippen molar-refractivity contribution >= 4 is 23.1 Å². The average Bonchev–Trinajstić information content (AvgIpc) is 3.15. The largest absolute Gasteiger partial charge is 0.355 e. The van der Waals surface area contributed by atoms with Crippen LogP contribution >= 0.6 is 0 Å². The molecule has 0 atom stereocenters. The van der Waals surface area contributed by atoms with Crippen LogP contribution in [-0.2, 0) is 20.0 Å². The Bertz CT molecular complexity index is 1130. The van der Waals surface area contributed by atoms with Gasteiger partial charge in [-0.15, -0.1) is 5.92 Å². The van der Waals surface area contributed by atoms with E-state index in [0.29, 0.717) is 30.2 Å². The number of anilines is 2. The van der Waals surface area contributed by atoms with Crippen LogP contribution in [-0.4, -0.2) is 38.7 Å². The number of nitrogens with one attached hydrogen (secondary N) is 1. The first-order valence-corrected chi connectivity index (χ1v) is 10.6. The van der Waals surface area contributed by atoms with Crippen molar-refractivity contribution < 1.29 is 0 Å². The molecular formula is C23H28N6O. The maximum atomic E-state index is 13.2. The predicted octanol–water partition coefficient (Wildman–Crippen LogP) is 2.80. The van der Waals surface area contributed by atoms with Crippen LogP contribution in [0.5, 0.6) is 0 Å². The molecule has 0 aliphatic carbocycles. The first-order chi connectivity index (χ1) is 14.7. The summed E-state index contributed by atoms with van der Waals surface area (Å²) in [5.74, 6) is 7.37. The number of benzene rings is 1. The standard InChI is InChI=1S/C23H28N6O/c1-3-4-17-29-19-20(26-23(29)28-15-9-6-10-16-28)25-22(27(2)21(19)30)24-14-13-18-11-7-5-8-12-18/h5,7-8,11-12H,6,9-10,13-17H2,1-2H3,(H,24,25). The lowest BCUT2D eigenvalue weighted by Crippen LogP contribution is -2.32. The number of rotatable bonds is 6. The Balaban J connectivity index is 1.67. The summed E-state index contributed by atoms with van der Waals surface area (Å²) in [7, 11) is 1.75. The van der Waals surface area contributed by atoms with Crippen molar-refractivity contribution in [3.63, 3.8) is 0 Å². The normalized spacial score (nSPS) is 13.9. The summed E-state index contributed by atoms with van der Waals surface area (Å²) in [5.41, 5.74) is 2.15. The minimum Gasteiger partial charge on any atom is -0.355 e. The molecule has 2 aromatic heterocycles. The molecule has 0 unspecified atom stereocenters. The Morgan fingerprint density at radius 3 is 2.60 bits per heavy atom. The van der Waals surface area contributed by atoms with Gasteiger partial charge in [-0.3, -0.25) is 13.9 Å². The highest BCUT2D eigenvalue weighted by atomic mass is 16.1. The minimum atomic E-state index is -0.101. The Hall–Kier alpha value is -3.27. The Morgan fingerprint density at radius 1 is 1.10 bits per heavy atom. The van der Waals surface area contributed by atoms with Gasteiger partial charge in [0.1, 0.15) is 0 Å². The number of hydrogen-bond donors (Lipinski definition) is 1. The fraction of sp³-hybridized carbons (Fsp3) is 0.435. The molecule has 1 saturated heterocycles. The molecule has 7 heteroatoms. The van der Waals surface area contributed by atoms with E-state index >= 15 is 0 Å². The molecule has 1 aliphatic heterocycles. The highest BCUT2D eigenvalue weighted by molar-refractivity contribution is 5.75. The topological polar surface area (TPSA) is 68.0 Å². The zero-order valence-electron chi connectivity index (χ0n) is 17.7. The summed E-state index contributed by atoms with van der Waals surface area (Å²) in [6.07, 6.45) is 4.37. The van der Waals surface area contributed by atoms with E-state index in [2.05, 4.69) is 34.2 Å². The predicted molar refractivity (Wildman–Crippen MR) is 121 cm³/mol. The van der Waals surface area contributed by atoms with Crippen LogP contribution in [0.4, 0.5) is 11.9 Å². The molecule has 1 N–H and O–H groups in total. The minimum absolute atomic E-state index is 0.101. The first-order valence-electron chi connectivity index (χ1n) is 10.6. The lowest BCUT2D eigenvalue weighted by atomic mass is 10.1. The number of imidazole rings is 1. The fourth-order valence-corrected chi connectivity index (χ4v) is 3.91. The molecule has 1 fully saturated rings. The van der Waals surface area contributed by atoms with Gasteiger partial charge >= 0.3 is 0 Å². The van der Waals surface area contributed by atoms with Crippen LogP contribution in [0.1, 0.15) is 31.7 Å². The van der Waals surface area contributed by atoms with E-state index in [-0.39, 0.29) is 5.56 Å². The van der Waals surface area contributed by atoms with Gasteiger partial charge in [-0.05, 0) is 38.2 Å². The molecule has 0 bridgehead atoms. The van der Waals surface area contributed by atoms with Crippen LogP contribution in [0.2, 0.25) is 0 Å². The Labute approximate surface area is 176 Å². The fourth-order valence-electron chi connectivity index (χ4n) is 3.91. The van der Waals surface area contributed by atoms with Gasteiger partial charge in [0.05, 0.1) is 6.54 Å². The molecule has 1 aliphatic rings. The van der Waals surface area contributed by atoms with Crippen LogP contribution in [0, 0.1) is 11.8 Å². The molecule has 0 radical (unpaired) electrons. The highest BCUT2D eigenvalue weighted by Gasteiger charge is 2.22. The quantitative estimate of drug-likeness (QED) is 0.640. The van der Waals surface area contributed by atoms with Gasteiger partial charge in [-0.2, -0.15) is 9.97 Å². The monoisotopic (exact) mass is 404 g/mol. The number of piperidine rings is 1. The average molecular weight is 405 g/mol. The van der Waals surface area contributed by atoms with Gasteiger partial charge < -0.3 is 10.2 Å². The van der Waals surface area contributed by atoms with Gasteiger partial charge in [-0.1, -0.05) is 36.3 Å². The summed E-state index contributed by atoms with van der Waals surface area (Å²) in [6.45, 7) is 4.84. The van der Waals surface area contributed by atoms with E-state index in [1.165, 1.54) is 12.0 Å². The molecule has 4 rings (SSSR count). The van der Waals surface area contributed by atoms with Crippen molar-refractivity contribution in [1.82, 2.24) is 19.1 Å². The van der Waals surface area contributed by atoms with E-state index in [4.69, 9.17) is 9.97 Å². The SMILES string of the molecule is CC#CCn1c(N2CCCCC2)nc2nc(NCCc3ccccc3)n(C)c(=O)c21. The lowest BCUT2D eigenvalue weighted by molar-refractivity contribution is 0.561. The van der Waals surface area contributed by atoms with E-state index in [1.54, 1.807) is 11.6 Å². The second-order valence-electron chi connectivity index (χ2n) is 7.61. The molecule has 1 aromatic carbocycles. The van der Waals surface area contributed by atoms with Crippen molar-refractivity contribution in [2.75, 3.05) is 29.9 Å². The number of nitrogens with zero attached hydrogens (tertiary/aromatic N) is 5. The number of hydrogen-bond acceptors (Lipinski definition) is 5. The zero-order chi connectivity index (χ0) is 20.9. The van der Waals surface area contributed by atoms with Gasteiger partial charge in [0, 0.05) is 26.7 Å². The molecule has 3 aromatic rings. The van der Waals surface area contributed by atoms with Crippen molar-refractivity contribution in [3.8, 4) is 11.8 Å². The molecule has 7 nitrogen and oxygen atoms in total. The summed E-state index contributed by atoms with van der Waals surface area (Å²) < 4.78 is 3.51. The third-order valence-electron chi connectivity index (χ3n) is 5.56. The smallest absolute Gasteiger partial charge is 0.281 e. The van der Waals surface area contributed by atoms with E-state index in [0.717, 1.165) is 38.3 Å². The van der Waals surface area contributed by atoms with Crippen molar-refractivity contribution in [3.05, 3.63) is 46.2 Å². The molecule has 0 amide bonds. The molecule has 0 spiro atoms. The van der Waals surface area contributed by atoms with Crippen LogP contribution in [0.3, 0.4) is 0 Å². The molecule has 30 heavy (non-hydrogen) atoms. The van der Waals surface area contributed by atoms with Crippen LogP contribution < -0.4 is 15.8 Å². The van der Waals surface area contributed by atoms with Crippen molar-refractivity contribution in [1.29, 1.82) is 0 Å². The summed E-state index contributed by atoms with van der Waals surface area (Å²) in [6, 6.07) is 10.3. The van der Waals surface area contributed by atoms with Gasteiger partial charge in [0.15, 0.2) is 11.2 Å². The molecular weight excluding hydrogens is 376 g/mol. The summed E-state index contributed by atoms with van der Waals surface area (Å²) in [5, 5.41) is 3.31. The third-order valence-corrected chi connectivity index (χ3v) is 5.56. The maximum Gasteiger partial charge on any atom is 0.281 e. The van der Waals surface area contributed by atoms with Gasteiger partial charge in [0.25, 0.3) is 5.56 Å². The van der Waals surface area contributed by atoms with Crippen molar-refractivity contribution in [2.45, 2.75) is 39.2 Å². The van der Waals surface area contributed by atoms with Crippen LogP contribution in [0.25, 0.3) is 11.2 Å².